The molecular formula is C6H14N4O3Zn. The molecule has 0 aliphatic rings. The molecule has 1 unspecified atom stereocenters. The fraction of sp³-hybridized carbons (Fsp3) is 0.667. The Morgan fingerprint density at radius 1 is 1.43 bits per heavy atom. The van der Waals surface area contributed by atoms with Crippen molar-refractivity contribution in [1.29, 1.82) is 0 Å². The van der Waals surface area contributed by atoms with Crippen LogP contribution in [0.2, 0.25) is 0 Å². The van der Waals surface area contributed by atoms with Crippen molar-refractivity contribution in [3.05, 3.63) is 0 Å². The van der Waals surface area contributed by atoms with Crippen LogP contribution in [-0.2, 0) is 26.6 Å². The van der Waals surface area contributed by atoms with Crippen LogP contribution in [0.25, 0.3) is 0 Å². The number of rotatable bonds is 5. The topological polar surface area (TPSA) is 145 Å². The Balaban J connectivity index is 0. The van der Waals surface area contributed by atoms with Crippen molar-refractivity contribution in [1.82, 2.24) is 0 Å². The van der Waals surface area contributed by atoms with Crippen molar-refractivity contribution in [2.75, 3.05) is 6.54 Å². The minimum atomic E-state index is -1.00. The predicted octanol–water partition coefficient (Wildman–Crippen LogP) is -1.67. The van der Waals surface area contributed by atoms with Crippen LogP contribution >= 0.6 is 0 Å². The summed E-state index contributed by atoms with van der Waals surface area (Å²) in [5, 5.41) is 8.38. The first kappa shape index (κ1) is 15.6. The van der Waals surface area contributed by atoms with Gasteiger partial charge in [-0.3, -0.25) is 9.79 Å². The van der Waals surface area contributed by atoms with Crippen LogP contribution in [-0.4, -0.2) is 29.6 Å². The van der Waals surface area contributed by atoms with E-state index in [1.165, 1.54) is 0 Å². The quantitative estimate of drug-likeness (QED) is 0.200. The maximum absolute atomic E-state index is 10.2. The summed E-state index contributed by atoms with van der Waals surface area (Å²) in [7, 11) is 0. The van der Waals surface area contributed by atoms with Crippen LogP contribution < -0.4 is 17.2 Å². The third kappa shape index (κ3) is 11.1. The van der Waals surface area contributed by atoms with Gasteiger partial charge in [0.05, 0.1) is 0 Å². The second kappa shape index (κ2) is 10.2. The van der Waals surface area contributed by atoms with E-state index in [0.29, 0.717) is 19.4 Å². The molecule has 0 saturated heterocycles. The van der Waals surface area contributed by atoms with Gasteiger partial charge in [-0.25, -0.2) is 0 Å². The fourth-order valence-electron chi connectivity index (χ4n) is 0.643. The first-order valence-electron chi connectivity index (χ1n) is 3.86. The van der Waals surface area contributed by atoms with Gasteiger partial charge in [0.2, 0.25) is 0 Å². The molecule has 0 saturated carbocycles. The van der Waals surface area contributed by atoms with Gasteiger partial charge in [0.1, 0.15) is 6.04 Å². The summed E-state index contributed by atoms with van der Waals surface area (Å²) in [4.78, 5) is 13.9. The van der Waals surface area contributed by atoms with Crippen molar-refractivity contribution in [2.24, 2.45) is 22.2 Å². The Morgan fingerprint density at radius 2 is 1.93 bits per heavy atom. The molecule has 14 heavy (non-hydrogen) atoms. The van der Waals surface area contributed by atoms with Gasteiger partial charge >= 0.3 is 27.8 Å². The molecular weight excluding hydrogens is 241 g/mol. The Labute approximate surface area is 91.7 Å². The first-order chi connectivity index (χ1) is 6.54. The molecule has 78 valence electrons. The van der Waals surface area contributed by atoms with Crippen LogP contribution in [0.4, 0.5) is 0 Å². The average molecular weight is 256 g/mol. The summed E-state index contributed by atoms with van der Waals surface area (Å²) in [5.41, 5.74) is 15.3. The summed E-state index contributed by atoms with van der Waals surface area (Å²) < 4.78 is 8.38. The fourth-order valence-corrected chi connectivity index (χ4v) is 0.643. The van der Waals surface area contributed by atoms with Gasteiger partial charge < -0.3 is 22.3 Å². The maximum atomic E-state index is 10.2. The van der Waals surface area contributed by atoms with Crippen molar-refractivity contribution in [3.63, 3.8) is 0 Å². The van der Waals surface area contributed by atoms with E-state index < -0.39 is 12.0 Å². The van der Waals surface area contributed by atoms with Crippen LogP contribution in [0.5, 0.6) is 0 Å². The monoisotopic (exact) mass is 254 g/mol. The van der Waals surface area contributed by atoms with Gasteiger partial charge in [-0.05, 0) is 12.8 Å². The number of nitrogens with two attached hydrogens (primary N) is 3. The summed E-state index contributed by atoms with van der Waals surface area (Å²) in [6, 6.07) is -0.820. The number of nitrogens with zero attached hydrogens (tertiary/aromatic N) is 1. The van der Waals surface area contributed by atoms with E-state index >= 15 is 0 Å². The van der Waals surface area contributed by atoms with Crippen molar-refractivity contribution in [2.45, 2.75) is 18.9 Å². The van der Waals surface area contributed by atoms with Crippen molar-refractivity contribution < 1.29 is 31.7 Å². The van der Waals surface area contributed by atoms with Crippen LogP contribution in [0.3, 0.4) is 0 Å². The van der Waals surface area contributed by atoms with E-state index in [0.717, 1.165) is 0 Å². The summed E-state index contributed by atoms with van der Waals surface area (Å²) in [6.07, 6.45) is 0.956. The van der Waals surface area contributed by atoms with Gasteiger partial charge in [-0.1, -0.05) is 0 Å². The number of carboxylic acids is 1. The molecule has 7 nitrogen and oxygen atoms in total. The Kier molecular flexibility index (Phi) is 11.4. The number of aliphatic imine (C=N–C) groups is 1. The van der Waals surface area contributed by atoms with E-state index in [2.05, 4.69) is 4.99 Å². The second-order valence-electron chi connectivity index (χ2n) is 2.39. The zero-order valence-corrected chi connectivity index (χ0v) is 10.8. The van der Waals surface area contributed by atoms with E-state index in [4.69, 9.17) is 25.9 Å². The van der Waals surface area contributed by atoms with Crippen molar-refractivity contribution in [3.8, 4) is 0 Å². The molecule has 0 aromatic heterocycles. The summed E-state index contributed by atoms with van der Waals surface area (Å²) in [6.45, 7) is 0.420. The van der Waals surface area contributed by atoms with Crippen LogP contribution in [0, 0.1) is 0 Å². The van der Waals surface area contributed by atoms with Gasteiger partial charge in [0.15, 0.2) is 5.96 Å². The van der Waals surface area contributed by atoms with E-state index in [1.807, 2.05) is 0 Å². The van der Waals surface area contributed by atoms with E-state index in [9.17, 15) is 4.79 Å². The Hall–Kier alpha value is -0.877. The van der Waals surface area contributed by atoms with Gasteiger partial charge in [0, 0.05) is 6.54 Å². The van der Waals surface area contributed by atoms with Gasteiger partial charge in [-0.15, -0.1) is 0 Å². The number of hydrogen-bond acceptors (Lipinski definition) is 4. The van der Waals surface area contributed by atoms with E-state index in [1.54, 1.807) is 0 Å². The number of carbonyl (C=O) groups is 1. The number of aliphatic carboxylic acids is 1. The predicted molar refractivity (Wildman–Crippen MR) is 46.2 cm³/mol. The SMILES string of the molecule is NC(N)=NCCCC(N)C(=O)O.[O]=[Zn]. The molecule has 0 bridgehead atoms. The molecule has 0 fully saturated rings. The molecule has 0 aliphatic carbocycles. The minimum absolute atomic E-state index is 0.0129. The normalized spacial score (nSPS) is 10.8. The summed E-state index contributed by atoms with van der Waals surface area (Å²) >= 11 is 0.125. The number of hydrogen-bond donors (Lipinski definition) is 4. The number of carboxylic acid groups (broad SMARTS) is 1. The third-order valence-electron chi connectivity index (χ3n) is 1.28. The van der Waals surface area contributed by atoms with Gasteiger partial charge in [-0.2, -0.15) is 0 Å². The zero-order valence-electron chi connectivity index (χ0n) is 7.85. The molecule has 8 heteroatoms. The molecule has 0 amide bonds. The molecule has 0 aromatic rings. The first-order valence-corrected chi connectivity index (χ1v) is 5.08. The molecule has 0 heterocycles. The summed E-state index contributed by atoms with van der Waals surface area (Å²) in [5.74, 6) is -0.987. The second-order valence-corrected chi connectivity index (χ2v) is 2.39. The van der Waals surface area contributed by atoms with Crippen LogP contribution in [0.15, 0.2) is 4.99 Å². The molecule has 0 rings (SSSR count). The Bertz CT molecular complexity index is 196. The molecule has 0 aromatic carbocycles. The van der Waals surface area contributed by atoms with Crippen molar-refractivity contribution >= 4 is 11.9 Å². The molecule has 0 spiro atoms. The standard InChI is InChI=1S/C6H14N4O2.O.Zn/c7-4(5(11)12)2-1-3-10-6(8)9;;/h4H,1-3,7H2,(H,11,12)(H4,8,9,10);;. The Morgan fingerprint density at radius 3 is 2.29 bits per heavy atom. The van der Waals surface area contributed by atoms with Gasteiger partial charge in [0.25, 0.3) is 0 Å². The van der Waals surface area contributed by atoms with E-state index in [-0.39, 0.29) is 24.2 Å². The molecule has 0 aliphatic heterocycles. The number of guanidine groups is 1. The zero-order chi connectivity index (χ0) is 11.6. The molecule has 7 N–H and O–H groups in total. The van der Waals surface area contributed by atoms with Crippen LogP contribution in [0.1, 0.15) is 12.8 Å². The average Bonchev–Trinajstić information content (AvgIpc) is 2.15. The third-order valence-corrected chi connectivity index (χ3v) is 1.28. The molecule has 0 radical (unpaired) electrons. The molecule has 1 atom stereocenters.